The van der Waals surface area contributed by atoms with Crippen LogP contribution in [-0.4, -0.2) is 30.2 Å². The van der Waals surface area contributed by atoms with Crippen LogP contribution in [0.1, 0.15) is 6.42 Å². The predicted octanol–water partition coefficient (Wildman–Crippen LogP) is 2.13. The second kappa shape index (κ2) is 8.51. The molecule has 2 aromatic carbocycles. The van der Waals surface area contributed by atoms with Crippen LogP contribution in [0.25, 0.3) is 0 Å². The van der Waals surface area contributed by atoms with Crippen LogP contribution in [-0.2, 0) is 14.4 Å². The van der Waals surface area contributed by atoms with Crippen molar-refractivity contribution in [1.82, 2.24) is 16.0 Å². The Labute approximate surface area is 182 Å². The van der Waals surface area contributed by atoms with E-state index >= 15 is 0 Å². The Morgan fingerprint density at radius 1 is 1.03 bits per heavy atom. The molecule has 0 aliphatic carbocycles. The van der Waals surface area contributed by atoms with Crippen molar-refractivity contribution in [3.05, 3.63) is 58.6 Å². The molecular weight excluding hydrogens is 429 g/mol. The number of hydrogen-bond donors (Lipinski definition) is 5. The minimum atomic E-state index is -0.860. The molecule has 30 heavy (non-hydrogen) atoms. The highest BCUT2D eigenvalue weighted by Gasteiger charge is 2.48. The smallest absolute Gasteiger partial charge is 0.229 e. The Kier molecular flexibility index (Phi) is 5.80. The number of hydrogen-bond acceptors (Lipinski definition) is 5. The highest BCUT2D eigenvalue weighted by atomic mass is 35.5. The maximum Gasteiger partial charge on any atom is 0.229 e. The molecule has 3 amide bonds. The van der Waals surface area contributed by atoms with Crippen LogP contribution in [0.15, 0.2) is 48.5 Å². The number of fused-ring (bicyclic) bond motifs is 1. The van der Waals surface area contributed by atoms with Crippen molar-refractivity contribution in [2.45, 2.75) is 18.9 Å². The monoisotopic (exact) mass is 447 g/mol. The molecule has 0 spiro atoms. The van der Waals surface area contributed by atoms with Gasteiger partial charge in [0.2, 0.25) is 17.7 Å². The van der Waals surface area contributed by atoms with Crippen molar-refractivity contribution in [2.75, 3.05) is 10.6 Å². The van der Waals surface area contributed by atoms with E-state index in [9.17, 15) is 14.4 Å². The molecule has 0 saturated carbocycles. The summed E-state index contributed by atoms with van der Waals surface area (Å²) in [6, 6.07) is 14.0. The Bertz CT molecular complexity index is 988. The normalized spacial score (nSPS) is 25.5. The van der Waals surface area contributed by atoms with Gasteiger partial charge in [0, 0.05) is 17.1 Å². The summed E-state index contributed by atoms with van der Waals surface area (Å²) in [5.41, 5.74) is 1.16. The topological polar surface area (TPSA) is 111 Å². The summed E-state index contributed by atoms with van der Waals surface area (Å²) < 4.78 is 0. The molecule has 2 saturated heterocycles. The van der Waals surface area contributed by atoms with Crippen molar-refractivity contribution in [3.63, 3.8) is 0 Å². The molecule has 2 aliphatic heterocycles. The third kappa shape index (κ3) is 4.35. The summed E-state index contributed by atoms with van der Waals surface area (Å²) >= 11 is 12.0. The number of carbonyl (C=O) groups is 3. The quantitative estimate of drug-likeness (QED) is 0.492. The van der Waals surface area contributed by atoms with E-state index in [1.165, 1.54) is 6.07 Å². The molecular formula is C20H19Cl2N5O3. The van der Waals surface area contributed by atoms with Crippen molar-refractivity contribution in [2.24, 2.45) is 11.8 Å². The van der Waals surface area contributed by atoms with E-state index in [-0.39, 0.29) is 23.3 Å². The zero-order valence-corrected chi connectivity index (χ0v) is 17.1. The minimum Gasteiger partial charge on any atom is -0.353 e. The molecule has 10 heteroatoms. The van der Waals surface area contributed by atoms with Crippen LogP contribution in [0.2, 0.25) is 10.0 Å². The third-order valence-corrected chi connectivity index (χ3v) is 5.61. The summed E-state index contributed by atoms with van der Waals surface area (Å²) in [5, 5.41) is 15.2. The summed E-state index contributed by atoms with van der Waals surface area (Å²) in [7, 11) is 0. The van der Waals surface area contributed by atoms with Crippen molar-refractivity contribution < 1.29 is 14.4 Å². The number of rotatable bonds is 4. The van der Waals surface area contributed by atoms with E-state index < -0.39 is 30.2 Å². The molecule has 8 nitrogen and oxygen atoms in total. The van der Waals surface area contributed by atoms with Gasteiger partial charge in [-0.3, -0.25) is 19.7 Å². The molecule has 0 aromatic heterocycles. The van der Waals surface area contributed by atoms with Crippen molar-refractivity contribution in [1.29, 1.82) is 0 Å². The largest absolute Gasteiger partial charge is 0.353 e. The van der Waals surface area contributed by atoms with Crippen LogP contribution < -0.4 is 26.6 Å². The molecule has 2 aromatic rings. The summed E-state index contributed by atoms with van der Waals surface area (Å²) in [6.45, 7) is 0. The minimum absolute atomic E-state index is 0.107. The van der Waals surface area contributed by atoms with Crippen LogP contribution in [0.4, 0.5) is 11.4 Å². The number of carbonyl (C=O) groups excluding carboxylic acids is 3. The van der Waals surface area contributed by atoms with Crippen LogP contribution in [0.3, 0.4) is 0 Å². The highest BCUT2D eigenvalue weighted by molar-refractivity contribution is 6.36. The molecule has 2 heterocycles. The average Bonchev–Trinajstić information content (AvgIpc) is 2.70. The summed E-state index contributed by atoms with van der Waals surface area (Å²) in [4.78, 5) is 38.0. The Morgan fingerprint density at radius 3 is 2.53 bits per heavy atom. The standard InChI is InChI=1S/C20H19Cl2N5O3/c21-10-6-7-14(13(22)8-10)24-18(29)12-9-15(28)25-17-16(12)19(30)27-20(26-17)23-11-4-2-1-3-5-11/h1-8,12,16-17,20,23,26H,9H2,(H,24,29)(H,25,28)(H,27,30). The van der Waals surface area contributed by atoms with Gasteiger partial charge in [-0.2, -0.15) is 0 Å². The third-order valence-electron chi connectivity index (χ3n) is 5.06. The Hall–Kier alpha value is -2.81. The molecule has 0 radical (unpaired) electrons. The van der Waals surface area contributed by atoms with Gasteiger partial charge in [0.15, 0.2) is 6.29 Å². The second-order valence-corrected chi connectivity index (χ2v) is 7.96. The van der Waals surface area contributed by atoms with Gasteiger partial charge in [-0.15, -0.1) is 0 Å². The first kappa shape index (κ1) is 20.5. The molecule has 4 rings (SSSR count). The molecule has 4 atom stereocenters. The van der Waals surface area contributed by atoms with Crippen LogP contribution >= 0.6 is 23.2 Å². The number of halogens is 2. The SMILES string of the molecule is O=C1CC(C(=O)Nc2ccc(Cl)cc2Cl)C2C(=O)NC(Nc3ccccc3)NC2N1. The Morgan fingerprint density at radius 2 is 1.80 bits per heavy atom. The fourth-order valence-corrected chi connectivity index (χ4v) is 4.13. The first-order chi connectivity index (χ1) is 14.4. The van der Waals surface area contributed by atoms with Gasteiger partial charge < -0.3 is 21.3 Å². The Balaban J connectivity index is 1.49. The van der Waals surface area contributed by atoms with Gasteiger partial charge in [0.25, 0.3) is 0 Å². The van der Waals surface area contributed by atoms with E-state index in [1.807, 2.05) is 30.3 Å². The number of para-hydroxylation sites is 1. The van der Waals surface area contributed by atoms with E-state index in [1.54, 1.807) is 12.1 Å². The molecule has 0 bridgehead atoms. The van der Waals surface area contributed by atoms with Gasteiger partial charge in [-0.25, -0.2) is 0 Å². The lowest BCUT2D eigenvalue weighted by Crippen LogP contribution is -2.72. The number of benzene rings is 2. The lowest BCUT2D eigenvalue weighted by Gasteiger charge is -2.43. The maximum absolute atomic E-state index is 12.9. The molecule has 2 fully saturated rings. The molecule has 2 aliphatic rings. The lowest BCUT2D eigenvalue weighted by atomic mass is 9.81. The lowest BCUT2D eigenvalue weighted by molar-refractivity contribution is -0.144. The fraction of sp³-hybridized carbons (Fsp3) is 0.250. The summed E-state index contributed by atoms with van der Waals surface area (Å²) in [5.74, 6) is -2.76. The first-order valence-electron chi connectivity index (χ1n) is 9.34. The predicted molar refractivity (Wildman–Crippen MR) is 114 cm³/mol. The first-order valence-corrected chi connectivity index (χ1v) is 10.1. The van der Waals surface area contributed by atoms with Gasteiger partial charge in [-0.1, -0.05) is 41.4 Å². The molecule has 156 valence electrons. The van der Waals surface area contributed by atoms with Crippen LogP contribution in [0.5, 0.6) is 0 Å². The second-order valence-electron chi connectivity index (χ2n) is 7.11. The van der Waals surface area contributed by atoms with Gasteiger partial charge in [0.05, 0.1) is 28.7 Å². The van der Waals surface area contributed by atoms with E-state index in [0.717, 1.165) is 5.69 Å². The van der Waals surface area contributed by atoms with E-state index in [4.69, 9.17) is 23.2 Å². The number of anilines is 2. The zero-order chi connectivity index (χ0) is 21.3. The van der Waals surface area contributed by atoms with Crippen molar-refractivity contribution in [3.8, 4) is 0 Å². The van der Waals surface area contributed by atoms with E-state index in [0.29, 0.717) is 10.7 Å². The maximum atomic E-state index is 12.9. The average molecular weight is 448 g/mol. The fourth-order valence-electron chi connectivity index (χ4n) is 3.67. The number of piperidine rings is 1. The van der Waals surface area contributed by atoms with Crippen LogP contribution in [0, 0.1) is 11.8 Å². The molecule has 4 unspecified atom stereocenters. The molecule has 5 N–H and O–H groups in total. The zero-order valence-electron chi connectivity index (χ0n) is 15.6. The summed E-state index contributed by atoms with van der Waals surface area (Å²) in [6.07, 6.45) is -1.41. The number of nitrogens with one attached hydrogen (secondary N) is 5. The number of amides is 3. The van der Waals surface area contributed by atoms with E-state index in [2.05, 4.69) is 26.6 Å². The highest BCUT2D eigenvalue weighted by Crippen LogP contribution is 2.30. The van der Waals surface area contributed by atoms with Gasteiger partial charge >= 0.3 is 0 Å². The van der Waals surface area contributed by atoms with Gasteiger partial charge in [-0.05, 0) is 30.3 Å². The van der Waals surface area contributed by atoms with Gasteiger partial charge in [0.1, 0.15) is 0 Å². The van der Waals surface area contributed by atoms with Crippen molar-refractivity contribution >= 4 is 52.3 Å².